The minimum atomic E-state index is 1.27. The Kier molecular flexibility index (Phi) is 4.03. The van der Waals surface area contributed by atoms with Crippen molar-refractivity contribution in [2.24, 2.45) is 0 Å². The molecule has 8 aromatic rings. The topological polar surface area (TPSA) is 0 Å². The van der Waals surface area contributed by atoms with E-state index in [0.29, 0.717) is 0 Å². The summed E-state index contributed by atoms with van der Waals surface area (Å²) in [5.41, 5.74) is 2.65. The molecule has 0 aliphatic heterocycles. The van der Waals surface area contributed by atoms with Crippen LogP contribution in [0.1, 0.15) is 0 Å². The summed E-state index contributed by atoms with van der Waals surface area (Å²) < 4.78 is 0. The summed E-state index contributed by atoms with van der Waals surface area (Å²) in [4.78, 5) is 0. The van der Waals surface area contributed by atoms with Crippen LogP contribution in [0.25, 0.3) is 75.8 Å². The van der Waals surface area contributed by atoms with Crippen LogP contribution in [0, 0.1) is 0 Å². The molecule has 0 spiro atoms. The molecule has 0 amide bonds. The highest BCUT2D eigenvalue weighted by atomic mass is 14.2. The summed E-state index contributed by atoms with van der Waals surface area (Å²) in [6.45, 7) is 0. The first kappa shape index (κ1) is 19.6. The van der Waals surface area contributed by atoms with Crippen LogP contribution < -0.4 is 0 Å². The Hall–Kier alpha value is -4.68. The van der Waals surface area contributed by atoms with Crippen molar-refractivity contribution in [3.05, 3.63) is 133 Å². The SMILES string of the molecule is c1ccc2cc3c(-c4c5ccccc5cc5cc6ccccc6cc45)c4ccccc4cc3cc2c1. The molecule has 0 unspecified atom stereocenters. The molecule has 0 saturated carbocycles. The van der Waals surface area contributed by atoms with E-state index in [4.69, 9.17) is 0 Å². The molecule has 0 saturated heterocycles. The van der Waals surface area contributed by atoms with Crippen molar-refractivity contribution < 1.29 is 0 Å². The van der Waals surface area contributed by atoms with Crippen molar-refractivity contribution in [1.29, 1.82) is 0 Å². The van der Waals surface area contributed by atoms with Crippen LogP contribution in [-0.4, -0.2) is 0 Å². The summed E-state index contributed by atoms with van der Waals surface area (Å²) in [7, 11) is 0. The molecule has 0 aliphatic rings. The van der Waals surface area contributed by atoms with E-state index in [0.717, 1.165) is 0 Å². The molecular weight excluding hydrogens is 432 g/mol. The second-order valence-electron chi connectivity index (χ2n) is 9.79. The minimum absolute atomic E-state index is 1.27. The highest BCUT2D eigenvalue weighted by Gasteiger charge is 2.17. The minimum Gasteiger partial charge on any atom is -0.0616 e. The third-order valence-electron chi connectivity index (χ3n) is 7.71. The molecule has 0 heterocycles. The van der Waals surface area contributed by atoms with Gasteiger partial charge in [0.25, 0.3) is 0 Å². The number of hydrogen-bond donors (Lipinski definition) is 0. The van der Waals surface area contributed by atoms with E-state index in [1.165, 1.54) is 75.8 Å². The Bertz CT molecular complexity index is 1980. The maximum Gasteiger partial charge on any atom is -0.00141 e. The molecule has 0 bridgehead atoms. The molecule has 0 aliphatic carbocycles. The fourth-order valence-corrected chi connectivity index (χ4v) is 6.05. The van der Waals surface area contributed by atoms with Crippen molar-refractivity contribution in [1.82, 2.24) is 0 Å². The average molecular weight is 455 g/mol. The van der Waals surface area contributed by atoms with Crippen LogP contribution in [0.2, 0.25) is 0 Å². The van der Waals surface area contributed by atoms with E-state index in [1.807, 2.05) is 0 Å². The van der Waals surface area contributed by atoms with E-state index in [2.05, 4.69) is 133 Å². The van der Waals surface area contributed by atoms with Gasteiger partial charge in [0.05, 0.1) is 0 Å². The van der Waals surface area contributed by atoms with E-state index >= 15 is 0 Å². The zero-order valence-corrected chi connectivity index (χ0v) is 19.7. The van der Waals surface area contributed by atoms with Gasteiger partial charge in [0.1, 0.15) is 0 Å². The van der Waals surface area contributed by atoms with Gasteiger partial charge in [0.2, 0.25) is 0 Å². The lowest BCUT2D eigenvalue weighted by molar-refractivity contribution is 1.74. The fraction of sp³-hybridized carbons (Fsp3) is 0. The van der Waals surface area contributed by atoms with Crippen LogP contribution in [0.3, 0.4) is 0 Å². The molecule has 0 nitrogen and oxygen atoms in total. The molecule has 0 aromatic heterocycles. The first-order chi connectivity index (χ1) is 17.8. The van der Waals surface area contributed by atoms with Gasteiger partial charge in [-0.15, -0.1) is 0 Å². The van der Waals surface area contributed by atoms with Crippen LogP contribution in [0.4, 0.5) is 0 Å². The summed E-state index contributed by atoms with van der Waals surface area (Å²) in [6, 6.07) is 49.3. The van der Waals surface area contributed by atoms with Gasteiger partial charge in [-0.05, 0) is 112 Å². The second kappa shape index (κ2) is 7.41. The number of rotatable bonds is 1. The van der Waals surface area contributed by atoms with Gasteiger partial charge < -0.3 is 0 Å². The molecule has 0 atom stereocenters. The predicted molar refractivity (Wildman–Crippen MR) is 157 cm³/mol. The van der Waals surface area contributed by atoms with Crippen molar-refractivity contribution in [2.45, 2.75) is 0 Å². The van der Waals surface area contributed by atoms with Gasteiger partial charge in [-0.25, -0.2) is 0 Å². The monoisotopic (exact) mass is 454 g/mol. The zero-order valence-electron chi connectivity index (χ0n) is 19.7. The molecule has 0 fully saturated rings. The lowest BCUT2D eigenvalue weighted by Gasteiger charge is -2.18. The van der Waals surface area contributed by atoms with Gasteiger partial charge in [-0.3, -0.25) is 0 Å². The van der Waals surface area contributed by atoms with Gasteiger partial charge >= 0.3 is 0 Å². The van der Waals surface area contributed by atoms with Crippen molar-refractivity contribution in [2.75, 3.05) is 0 Å². The number of benzene rings is 8. The van der Waals surface area contributed by atoms with E-state index in [1.54, 1.807) is 0 Å². The number of fused-ring (bicyclic) bond motifs is 6. The van der Waals surface area contributed by atoms with Gasteiger partial charge in [0, 0.05) is 0 Å². The summed E-state index contributed by atoms with van der Waals surface area (Å²) >= 11 is 0. The number of hydrogen-bond acceptors (Lipinski definition) is 0. The fourth-order valence-electron chi connectivity index (χ4n) is 6.05. The quantitative estimate of drug-likeness (QED) is 0.216. The van der Waals surface area contributed by atoms with Gasteiger partial charge in [-0.1, -0.05) is 97.1 Å². The molecule has 0 N–H and O–H groups in total. The Morgan fingerprint density at radius 2 is 0.528 bits per heavy atom. The lowest BCUT2D eigenvalue weighted by atomic mass is 9.85. The van der Waals surface area contributed by atoms with E-state index in [9.17, 15) is 0 Å². The van der Waals surface area contributed by atoms with Crippen LogP contribution in [0.5, 0.6) is 0 Å². The van der Waals surface area contributed by atoms with Crippen LogP contribution >= 0.6 is 0 Å². The van der Waals surface area contributed by atoms with E-state index < -0.39 is 0 Å². The van der Waals surface area contributed by atoms with Crippen LogP contribution in [0.15, 0.2) is 133 Å². The Balaban J connectivity index is 1.66. The third kappa shape index (κ3) is 2.82. The maximum atomic E-state index is 2.39. The summed E-state index contributed by atoms with van der Waals surface area (Å²) in [5.74, 6) is 0. The Morgan fingerprint density at radius 1 is 0.222 bits per heavy atom. The summed E-state index contributed by atoms with van der Waals surface area (Å²) in [6.07, 6.45) is 0. The molecule has 0 radical (unpaired) electrons. The summed E-state index contributed by atoms with van der Waals surface area (Å²) in [5, 5.41) is 15.4. The largest absolute Gasteiger partial charge is 0.0616 e. The van der Waals surface area contributed by atoms with E-state index in [-0.39, 0.29) is 0 Å². The van der Waals surface area contributed by atoms with Crippen molar-refractivity contribution in [3.63, 3.8) is 0 Å². The highest BCUT2D eigenvalue weighted by molar-refractivity contribution is 6.25. The first-order valence-electron chi connectivity index (χ1n) is 12.5. The highest BCUT2D eigenvalue weighted by Crippen LogP contribution is 2.45. The molecule has 8 aromatic carbocycles. The second-order valence-corrected chi connectivity index (χ2v) is 9.79. The first-order valence-corrected chi connectivity index (χ1v) is 12.5. The third-order valence-corrected chi connectivity index (χ3v) is 7.71. The molecule has 8 rings (SSSR count). The smallest absolute Gasteiger partial charge is 0.00141 e. The molecule has 0 heteroatoms. The Morgan fingerprint density at radius 3 is 0.944 bits per heavy atom. The zero-order chi connectivity index (χ0) is 23.6. The standard InChI is InChI=1S/C36H22/c1-3-11-25-21-33-29(17-23(25)9-1)19-27-13-5-7-15-31(27)35(33)36-32-16-8-6-14-28(32)20-30-18-24-10-2-4-12-26(24)22-34(30)36/h1-22H. The normalized spacial score (nSPS) is 11.9. The lowest BCUT2D eigenvalue weighted by Crippen LogP contribution is -1.90. The Labute approximate surface area is 209 Å². The molecular formula is C36H22. The molecule has 166 valence electrons. The van der Waals surface area contributed by atoms with Crippen molar-refractivity contribution >= 4 is 64.6 Å². The van der Waals surface area contributed by atoms with Crippen molar-refractivity contribution in [3.8, 4) is 11.1 Å². The van der Waals surface area contributed by atoms with Gasteiger partial charge in [-0.2, -0.15) is 0 Å². The predicted octanol–water partition coefficient (Wildman–Crippen LogP) is 10.3. The van der Waals surface area contributed by atoms with Gasteiger partial charge in [0.15, 0.2) is 0 Å². The van der Waals surface area contributed by atoms with Crippen LogP contribution in [-0.2, 0) is 0 Å². The molecule has 36 heavy (non-hydrogen) atoms. The maximum absolute atomic E-state index is 2.39. The average Bonchev–Trinajstić information content (AvgIpc) is 2.93.